The van der Waals surface area contributed by atoms with E-state index < -0.39 is 10.0 Å². The first-order valence-electron chi connectivity index (χ1n) is 6.41. The smallest absolute Gasteiger partial charge is 0.240 e. The van der Waals surface area contributed by atoms with E-state index in [0.717, 1.165) is 0 Å². The maximum absolute atomic E-state index is 11.7. The largest absolute Gasteiger partial charge is 0.352 e. The Kier molecular flexibility index (Phi) is 4.28. The number of hydrogen-bond donors (Lipinski definition) is 2. The highest BCUT2D eigenvalue weighted by atomic mass is 79.9. The van der Waals surface area contributed by atoms with Gasteiger partial charge in [-0.3, -0.25) is 0 Å². The number of anilines is 2. The first-order chi connectivity index (χ1) is 10.9. The second-order valence-electron chi connectivity index (χ2n) is 4.55. The fraction of sp³-hybridized carbons (Fsp3) is 0.0769. The van der Waals surface area contributed by atoms with E-state index in [9.17, 15) is 8.42 Å². The molecule has 3 rings (SSSR count). The van der Waals surface area contributed by atoms with E-state index >= 15 is 0 Å². The van der Waals surface area contributed by atoms with Gasteiger partial charge in [-0.25, -0.2) is 22.6 Å². The van der Waals surface area contributed by atoms with Crippen LogP contribution in [0, 0.1) is 0 Å². The summed E-state index contributed by atoms with van der Waals surface area (Å²) < 4.78 is 27.9. The summed E-state index contributed by atoms with van der Waals surface area (Å²) in [6, 6.07) is 7.99. The minimum absolute atomic E-state index is 0.187. The fourth-order valence-electron chi connectivity index (χ4n) is 1.99. The molecule has 0 unspecified atom stereocenters. The summed E-state index contributed by atoms with van der Waals surface area (Å²) in [4.78, 5) is 4.44. The maximum atomic E-state index is 11.7. The lowest BCUT2D eigenvalue weighted by atomic mass is 10.3. The molecule has 1 aromatic carbocycles. The van der Waals surface area contributed by atoms with Crippen molar-refractivity contribution in [3.8, 4) is 0 Å². The molecule has 0 saturated carbocycles. The molecule has 0 aliphatic carbocycles. The Balaban J connectivity index is 1.97. The number of nitrogens with zero attached hydrogens (tertiary/aromatic N) is 3. The molecule has 0 aliphatic rings. The van der Waals surface area contributed by atoms with Crippen molar-refractivity contribution in [2.24, 2.45) is 0 Å². The molecule has 0 radical (unpaired) electrons. The molecule has 0 saturated heterocycles. The summed E-state index contributed by atoms with van der Waals surface area (Å²) in [5, 5.41) is 7.59. The van der Waals surface area contributed by atoms with E-state index in [0.29, 0.717) is 26.8 Å². The molecular formula is C13H11BrClN5O2S. The van der Waals surface area contributed by atoms with Crippen LogP contribution in [-0.2, 0) is 10.0 Å². The monoisotopic (exact) mass is 415 g/mol. The van der Waals surface area contributed by atoms with Gasteiger partial charge in [0.05, 0.1) is 16.8 Å². The van der Waals surface area contributed by atoms with E-state index in [1.54, 1.807) is 28.9 Å². The molecule has 0 aliphatic heterocycles. The predicted octanol–water partition coefficient (Wildman–Crippen LogP) is 2.80. The van der Waals surface area contributed by atoms with Crippen LogP contribution in [-0.4, -0.2) is 30.1 Å². The van der Waals surface area contributed by atoms with Gasteiger partial charge in [0.1, 0.15) is 4.60 Å². The number of imidazole rings is 1. The van der Waals surface area contributed by atoms with Crippen LogP contribution in [0.5, 0.6) is 0 Å². The van der Waals surface area contributed by atoms with Crippen molar-refractivity contribution in [3.63, 3.8) is 0 Å². The Hall–Kier alpha value is -1.68. The topological polar surface area (TPSA) is 88.4 Å². The summed E-state index contributed by atoms with van der Waals surface area (Å²) in [6.45, 7) is 0. The van der Waals surface area contributed by atoms with E-state index in [1.165, 1.54) is 19.2 Å². The summed E-state index contributed by atoms with van der Waals surface area (Å²) in [5.41, 5.74) is 1.94. The van der Waals surface area contributed by atoms with Crippen molar-refractivity contribution in [1.82, 2.24) is 19.3 Å². The normalized spacial score (nSPS) is 11.8. The molecule has 23 heavy (non-hydrogen) atoms. The Morgan fingerprint density at radius 2 is 1.96 bits per heavy atom. The highest BCUT2D eigenvalue weighted by Gasteiger charge is 2.12. The summed E-state index contributed by atoms with van der Waals surface area (Å²) >= 11 is 9.35. The Labute approximate surface area is 145 Å². The van der Waals surface area contributed by atoms with Crippen molar-refractivity contribution in [1.29, 1.82) is 0 Å². The second kappa shape index (κ2) is 6.08. The lowest BCUT2D eigenvalue weighted by Gasteiger charge is -2.09. The number of hydrogen-bond acceptors (Lipinski definition) is 5. The molecule has 0 fully saturated rings. The zero-order valence-corrected chi connectivity index (χ0v) is 14.9. The molecule has 2 heterocycles. The van der Waals surface area contributed by atoms with E-state index in [-0.39, 0.29) is 4.90 Å². The zero-order valence-electron chi connectivity index (χ0n) is 11.8. The van der Waals surface area contributed by atoms with Crippen LogP contribution in [0.15, 0.2) is 46.0 Å². The molecule has 2 N–H and O–H groups in total. The molecule has 0 spiro atoms. The number of sulfonamides is 1. The third-order valence-corrected chi connectivity index (χ3v) is 5.26. The highest BCUT2D eigenvalue weighted by Crippen LogP contribution is 2.26. The molecule has 3 aromatic rings. The van der Waals surface area contributed by atoms with Crippen LogP contribution < -0.4 is 10.0 Å². The molecule has 10 heteroatoms. The summed E-state index contributed by atoms with van der Waals surface area (Å²) in [5.74, 6) is 0. The van der Waals surface area contributed by atoms with Crippen LogP contribution in [0.1, 0.15) is 0 Å². The summed E-state index contributed by atoms with van der Waals surface area (Å²) in [7, 11) is -2.09. The first kappa shape index (κ1) is 16.2. The molecule has 2 aromatic heterocycles. The van der Waals surface area contributed by atoms with Gasteiger partial charge in [0.25, 0.3) is 0 Å². The van der Waals surface area contributed by atoms with Crippen molar-refractivity contribution in [2.45, 2.75) is 4.90 Å². The fourth-order valence-corrected chi connectivity index (χ4v) is 3.26. The van der Waals surface area contributed by atoms with Crippen LogP contribution in [0.3, 0.4) is 0 Å². The third kappa shape index (κ3) is 3.18. The number of benzene rings is 1. The maximum Gasteiger partial charge on any atom is 0.240 e. The lowest BCUT2D eigenvalue weighted by Crippen LogP contribution is -2.18. The summed E-state index contributed by atoms with van der Waals surface area (Å²) in [6.07, 6.45) is 1.62. The van der Waals surface area contributed by atoms with Crippen LogP contribution >= 0.6 is 27.5 Å². The van der Waals surface area contributed by atoms with Gasteiger partial charge in [0.15, 0.2) is 10.8 Å². The minimum atomic E-state index is -3.46. The Morgan fingerprint density at radius 3 is 2.61 bits per heavy atom. The highest BCUT2D eigenvalue weighted by molar-refractivity contribution is 9.10. The van der Waals surface area contributed by atoms with Gasteiger partial charge in [-0.15, -0.1) is 0 Å². The number of halogens is 2. The molecule has 7 nitrogen and oxygen atoms in total. The van der Waals surface area contributed by atoms with Crippen molar-refractivity contribution >= 4 is 54.6 Å². The Morgan fingerprint density at radius 1 is 1.26 bits per heavy atom. The quantitative estimate of drug-likeness (QED) is 0.683. The number of aromatic nitrogens is 3. The number of fused-ring (bicyclic) bond motifs is 1. The van der Waals surface area contributed by atoms with Crippen LogP contribution in [0.4, 0.5) is 11.4 Å². The SMILES string of the molecule is CNS(=O)(=O)c1ccc(Nc2cc(Cl)nn3c(Br)cnc23)cc1. The van der Waals surface area contributed by atoms with Gasteiger partial charge < -0.3 is 5.32 Å². The van der Waals surface area contributed by atoms with E-state index in [4.69, 9.17) is 11.6 Å². The van der Waals surface area contributed by atoms with Gasteiger partial charge in [0.2, 0.25) is 10.0 Å². The van der Waals surface area contributed by atoms with Gasteiger partial charge >= 0.3 is 0 Å². The van der Waals surface area contributed by atoms with Crippen LogP contribution in [0.2, 0.25) is 5.15 Å². The van der Waals surface area contributed by atoms with Crippen molar-refractivity contribution < 1.29 is 8.42 Å². The van der Waals surface area contributed by atoms with Crippen molar-refractivity contribution in [2.75, 3.05) is 12.4 Å². The average molecular weight is 417 g/mol. The standard InChI is InChI=1S/C13H11BrClN5O2S/c1-16-23(21,22)9-4-2-8(3-5-9)18-10-6-12(15)19-20-11(14)7-17-13(10)20/h2-7,16,18H,1H3. The van der Waals surface area contributed by atoms with E-state index in [1.807, 2.05) is 0 Å². The number of nitrogens with one attached hydrogen (secondary N) is 2. The van der Waals surface area contributed by atoms with Gasteiger partial charge in [0, 0.05) is 11.8 Å². The molecule has 0 bridgehead atoms. The number of rotatable bonds is 4. The molecular weight excluding hydrogens is 406 g/mol. The van der Waals surface area contributed by atoms with Crippen molar-refractivity contribution in [3.05, 3.63) is 46.3 Å². The molecule has 0 atom stereocenters. The van der Waals surface area contributed by atoms with Crippen LogP contribution in [0.25, 0.3) is 5.65 Å². The average Bonchev–Trinajstić information content (AvgIpc) is 2.89. The Bertz CT molecular complexity index is 972. The lowest BCUT2D eigenvalue weighted by molar-refractivity contribution is 0.588. The second-order valence-corrected chi connectivity index (χ2v) is 7.64. The predicted molar refractivity (Wildman–Crippen MR) is 91.7 cm³/mol. The minimum Gasteiger partial charge on any atom is -0.352 e. The van der Waals surface area contributed by atoms with E-state index in [2.05, 4.69) is 36.1 Å². The molecule has 120 valence electrons. The zero-order chi connectivity index (χ0) is 16.6. The van der Waals surface area contributed by atoms with Gasteiger partial charge in [-0.1, -0.05) is 11.6 Å². The van der Waals surface area contributed by atoms with Gasteiger partial charge in [-0.2, -0.15) is 5.10 Å². The first-order valence-corrected chi connectivity index (χ1v) is 9.06. The molecule has 0 amide bonds. The third-order valence-electron chi connectivity index (χ3n) is 3.11. The van der Waals surface area contributed by atoms with Gasteiger partial charge in [-0.05, 0) is 47.2 Å².